The lowest BCUT2D eigenvalue weighted by Gasteiger charge is -2.25. The molecule has 3 aromatic heterocycles. The number of hydrogen-bond donors (Lipinski definition) is 2. The smallest absolute Gasteiger partial charge is 0.284 e. The molecule has 186 valence electrons. The summed E-state index contributed by atoms with van der Waals surface area (Å²) in [6.07, 6.45) is 7.42. The lowest BCUT2D eigenvalue weighted by Crippen LogP contribution is -2.19. The predicted octanol–water partition coefficient (Wildman–Crippen LogP) is 3.64. The van der Waals surface area contributed by atoms with Crippen LogP contribution in [0.4, 0.5) is 20.3 Å². The van der Waals surface area contributed by atoms with E-state index in [4.69, 9.17) is 4.74 Å². The molecule has 0 unspecified atom stereocenters. The molecule has 1 amide bonds. The van der Waals surface area contributed by atoms with E-state index in [0.717, 1.165) is 25.7 Å². The van der Waals surface area contributed by atoms with Crippen molar-refractivity contribution >= 4 is 29.3 Å². The highest BCUT2D eigenvalue weighted by atomic mass is 19.3. The summed E-state index contributed by atoms with van der Waals surface area (Å²) in [4.78, 5) is 28.5. The fourth-order valence-electron chi connectivity index (χ4n) is 4.69. The molecular formula is C23H27F2N7O3. The van der Waals surface area contributed by atoms with E-state index < -0.39 is 18.0 Å². The molecule has 35 heavy (non-hydrogen) atoms. The minimum atomic E-state index is -2.85. The first-order valence-corrected chi connectivity index (χ1v) is 11.9. The van der Waals surface area contributed by atoms with Crippen LogP contribution in [0.15, 0.2) is 24.7 Å². The minimum Gasteiger partial charge on any atom is -0.376 e. The summed E-state index contributed by atoms with van der Waals surface area (Å²) in [6.45, 7) is 1.35. The van der Waals surface area contributed by atoms with Crippen molar-refractivity contribution in [2.75, 3.05) is 23.8 Å². The summed E-state index contributed by atoms with van der Waals surface area (Å²) >= 11 is 0. The van der Waals surface area contributed by atoms with Crippen LogP contribution in [0.1, 0.15) is 67.0 Å². The van der Waals surface area contributed by atoms with Gasteiger partial charge in [0.2, 0.25) is 0 Å². The number of hydrogen-bond acceptors (Lipinski definition) is 7. The first-order valence-electron chi connectivity index (χ1n) is 11.9. The van der Waals surface area contributed by atoms with Gasteiger partial charge < -0.3 is 20.2 Å². The molecule has 0 spiro atoms. The molecule has 2 fully saturated rings. The Bertz CT molecular complexity index is 1200. The molecule has 10 nitrogen and oxygen atoms in total. The van der Waals surface area contributed by atoms with E-state index in [2.05, 4.69) is 25.8 Å². The highest BCUT2D eigenvalue weighted by Crippen LogP contribution is 2.34. The first kappa shape index (κ1) is 23.3. The Kier molecular flexibility index (Phi) is 6.71. The van der Waals surface area contributed by atoms with Gasteiger partial charge in [0.25, 0.3) is 12.3 Å². The van der Waals surface area contributed by atoms with Crippen molar-refractivity contribution in [3.8, 4) is 0 Å². The van der Waals surface area contributed by atoms with Gasteiger partial charge in [0, 0.05) is 31.5 Å². The van der Waals surface area contributed by atoms with E-state index in [1.54, 1.807) is 12.3 Å². The number of fused-ring (bicyclic) bond motifs is 1. The molecule has 1 atom stereocenters. The van der Waals surface area contributed by atoms with Crippen LogP contribution in [0.25, 0.3) is 5.65 Å². The van der Waals surface area contributed by atoms with Crippen molar-refractivity contribution < 1.29 is 23.1 Å². The summed E-state index contributed by atoms with van der Waals surface area (Å²) in [5.74, 6) is -0.0341. The molecule has 1 saturated carbocycles. The maximum Gasteiger partial charge on any atom is 0.284 e. The predicted molar refractivity (Wildman–Crippen MR) is 123 cm³/mol. The van der Waals surface area contributed by atoms with E-state index >= 15 is 0 Å². The number of carbonyl (C=O) groups excluding carboxylic acids is 2. The SMILES string of the molecule is O=CC1CCC(n2cc(NC(=O)c3cnn4ccc(NC[C@H]5CCCO5)nc34)c(C(F)F)n2)CC1. The van der Waals surface area contributed by atoms with Crippen molar-refractivity contribution in [2.45, 2.75) is 57.1 Å². The molecule has 0 radical (unpaired) electrons. The molecule has 2 aliphatic rings. The third-order valence-electron chi connectivity index (χ3n) is 6.67. The van der Waals surface area contributed by atoms with E-state index in [-0.39, 0.29) is 29.3 Å². The fourth-order valence-corrected chi connectivity index (χ4v) is 4.69. The molecule has 5 rings (SSSR count). The second-order valence-electron chi connectivity index (χ2n) is 9.02. The molecule has 12 heteroatoms. The van der Waals surface area contributed by atoms with Crippen molar-refractivity contribution in [3.63, 3.8) is 0 Å². The number of nitrogens with zero attached hydrogens (tertiary/aromatic N) is 5. The zero-order valence-corrected chi connectivity index (χ0v) is 19.1. The zero-order chi connectivity index (χ0) is 24.4. The highest BCUT2D eigenvalue weighted by Gasteiger charge is 2.27. The number of aldehydes is 1. The number of nitrogens with one attached hydrogen (secondary N) is 2. The monoisotopic (exact) mass is 487 g/mol. The summed E-state index contributed by atoms with van der Waals surface area (Å²) in [7, 11) is 0. The van der Waals surface area contributed by atoms with Crippen molar-refractivity contribution in [1.29, 1.82) is 0 Å². The van der Waals surface area contributed by atoms with Crippen LogP contribution in [0, 0.1) is 5.92 Å². The Hall–Kier alpha value is -3.41. The van der Waals surface area contributed by atoms with E-state index in [1.165, 1.54) is 21.6 Å². The Labute approximate surface area is 200 Å². The van der Waals surface area contributed by atoms with Crippen LogP contribution < -0.4 is 10.6 Å². The van der Waals surface area contributed by atoms with Gasteiger partial charge in [-0.25, -0.2) is 18.3 Å². The van der Waals surface area contributed by atoms with Crippen LogP contribution in [0.3, 0.4) is 0 Å². The number of anilines is 2. The maximum atomic E-state index is 13.7. The number of halogens is 2. The van der Waals surface area contributed by atoms with Crippen LogP contribution in [-0.4, -0.2) is 55.8 Å². The van der Waals surface area contributed by atoms with Gasteiger partial charge in [0.05, 0.1) is 24.0 Å². The quantitative estimate of drug-likeness (QED) is 0.466. The maximum absolute atomic E-state index is 13.7. The number of alkyl halides is 2. The molecule has 1 aliphatic carbocycles. The average molecular weight is 488 g/mol. The normalized spacial score (nSPS) is 22.5. The van der Waals surface area contributed by atoms with Crippen LogP contribution in [-0.2, 0) is 9.53 Å². The number of ether oxygens (including phenoxy) is 1. The molecule has 2 N–H and O–H groups in total. The van der Waals surface area contributed by atoms with Crippen LogP contribution in [0.2, 0.25) is 0 Å². The Balaban J connectivity index is 1.33. The second kappa shape index (κ2) is 10.1. The van der Waals surface area contributed by atoms with Gasteiger partial charge in [-0.15, -0.1) is 0 Å². The molecular weight excluding hydrogens is 460 g/mol. The fraction of sp³-hybridized carbons (Fsp3) is 0.522. The van der Waals surface area contributed by atoms with Crippen molar-refractivity contribution in [2.24, 2.45) is 5.92 Å². The Morgan fingerprint density at radius 3 is 2.80 bits per heavy atom. The second-order valence-corrected chi connectivity index (χ2v) is 9.02. The number of aromatic nitrogens is 5. The summed E-state index contributed by atoms with van der Waals surface area (Å²) < 4.78 is 36.0. The lowest BCUT2D eigenvalue weighted by atomic mass is 9.87. The van der Waals surface area contributed by atoms with Gasteiger partial charge in [0.15, 0.2) is 11.3 Å². The average Bonchev–Trinajstić information content (AvgIpc) is 3.62. The highest BCUT2D eigenvalue weighted by molar-refractivity contribution is 6.08. The Morgan fingerprint density at radius 2 is 2.09 bits per heavy atom. The minimum absolute atomic E-state index is 0.00347. The van der Waals surface area contributed by atoms with Gasteiger partial charge >= 0.3 is 0 Å². The number of carbonyl (C=O) groups is 2. The van der Waals surface area contributed by atoms with Gasteiger partial charge in [-0.1, -0.05) is 0 Å². The Morgan fingerprint density at radius 1 is 1.26 bits per heavy atom. The number of rotatable bonds is 8. The van der Waals surface area contributed by atoms with Gasteiger partial charge in [-0.05, 0) is 44.6 Å². The first-order chi connectivity index (χ1) is 17.0. The standard InChI is InChI=1S/C23H27F2N7O3/c24-21(25)20-18(12-32(30-20)15-5-3-14(13-33)4-6-15)28-23(34)17-11-27-31-8-7-19(29-22(17)31)26-10-16-2-1-9-35-16/h7-8,11-16,21H,1-6,9-10H2,(H,26,29)(H,28,34)/t14?,15?,16-/m1/s1. The van der Waals surface area contributed by atoms with Crippen LogP contribution >= 0.6 is 0 Å². The third kappa shape index (κ3) is 5.02. The third-order valence-corrected chi connectivity index (χ3v) is 6.67. The van der Waals surface area contributed by atoms with E-state index in [0.29, 0.717) is 43.7 Å². The van der Waals surface area contributed by atoms with E-state index in [9.17, 15) is 18.4 Å². The zero-order valence-electron chi connectivity index (χ0n) is 19.1. The van der Waals surface area contributed by atoms with Gasteiger partial charge in [-0.2, -0.15) is 10.2 Å². The summed E-state index contributed by atoms with van der Waals surface area (Å²) in [6, 6.07) is 1.65. The van der Waals surface area contributed by atoms with Gasteiger partial charge in [-0.3, -0.25) is 9.48 Å². The molecule has 1 saturated heterocycles. The molecule has 0 bridgehead atoms. The van der Waals surface area contributed by atoms with Crippen LogP contribution in [0.5, 0.6) is 0 Å². The molecule has 0 aromatic carbocycles. The largest absolute Gasteiger partial charge is 0.376 e. The van der Waals surface area contributed by atoms with E-state index in [1.807, 2.05) is 0 Å². The molecule has 3 aromatic rings. The van der Waals surface area contributed by atoms with Gasteiger partial charge in [0.1, 0.15) is 17.7 Å². The molecule has 1 aliphatic heterocycles. The topological polar surface area (TPSA) is 115 Å². The molecule has 4 heterocycles. The number of amides is 1. The van der Waals surface area contributed by atoms with Crippen molar-refractivity contribution in [3.05, 3.63) is 35.9 Å². The summed E-state index contributed by atoms with van der Waals surface area (Å²) in [5.41, 5.74) is -0.0722. The lowest BCUT2D eigenvalue weighted by molar-refractivity contribution is -0.112. The van der Waals surface area contributed by atoms with Crippen molar-refractivity contribution in [1.82, 2.24) is 24.4 Å². The summed E-state index contributed by atoms with van der Waals surface area (Å²) in [5, 5.41) is 14.0.